The van der Waals surface area contributed by atoms with E-state index >= 15 is 0 Å². The molecule has 1 heterocycles. The predicted molar refractivity (Wildman–Crippen MR) is 78.9 cm³/mol. The van der Waals surface area contributed by atoms with Gasteiger partial charge in [0.25, 0.3) is 0 Å². The Morgan fingerprint density at radius 1 is 1.14 bits per heavy atom. The predicted octanol–water partition coefficient (Wildman–Crippen LogP) is 2.28. The van der Waals surface area contributed by atoms with E-state index in [1.165, 1.54) is 0 Å². The molecular weight excluding hydrogens is 286 g/mol. The molecule has 6 heteroatoms. The first-order valence-electron chi connectivity index (χ1n) is 6.15. The van der Waals surface area contributed by atoms with Gasteiger partial charge in [-0.2, -0.15) is 10.5 Å². The second-order valence-electron chi connectivity index (χ2n) is 4.85. The van der Waals surface area contributed by atoms with Crippen molar-refractivity contribution in [2.45, 2.75) is 12.7 Å². The molecule has 1 aromatic carbocycles. The minimum absolute atomic E-state index is 0.201. The molecule has 0 atom stereocenters. The molecule has 0 aliphatic heterocycles. The lowest BCUT2D eigenvalue weighted by Gasteiger charge is -2.02. The number of sulfone groups is 1. The zero-order chi connectivity index (χ0) is 15.6. The molecule has 2 aromatic rings. The molecule has 21 heavy (non-hydrogen) atoms. The van der Waals surface area contributed by atoms with Crippen molar-refractivity contribution in [3.8, 4) is 23.3 Å². The lowest BCUT2D eigenvalue weighted by Crippen LogP contribution is -2.02. The number of hydrogen-bond acceptors (Lipinski definition) is 4. The maximum absolute atomic E-state index is 11.4. The average molecular weight is 299 g/mol. The first kappa shape index (κ1) is 14.8. The Hall–Kier alpha value is -2.57. The molecule has 0 fully saturated rings. The van der Waals surface area contributed by atoms with Gasteiger partial charge in [0.2, 0.25) is 0 Å². The van der Waals surface area contributed by atoms with Gasteiger partial charge in [-0.1, -0.05) is 12.1 Å². The summed E-state index contributed by atoms with van der Waals surface area (Å²) in [4.78, 5) is 2.98. The van der Waals surface area contributed by atoms with E-state index in [1.807, 2.05) is 6.07 Å². The van der Waals surface area contributed by atoms with Crippen LogP contribution in [0.25, 0.3) is 11.1 Å². The third kappa shape index (κ3) is 3.13. The Balaban J connectivity index is 2.59. The van der Waals surface area contributed by atoms with Gasteiger partial charge in [-0.05, 0) is 24.6 Å². The van der Waals surface area contributed by atoms with Crippen molar-refractivity contribution in [2.75, 3.05) is 6.26 Å². The first-order valence-corrected chi connectivity index (χ1v) is 8.21. The van der Waals surface area contributed by atoms with E-state index in [4.69, 9.17) is 5.26 Å². The highest BCUT2D eigenvalue weighted by molar-refractivity contribution is 7.89. The summed E-state index contributed by atoms with van der Waals surface area (Å²) in [6, 6.07) is 10.9. The molecule has 0 radical (unpaired) electrons. The van der Waals surface area contributed by atoms with Gasteiger partial charge in [0.05, 0.1) is 22.9 Å². The molecule has 2 rings (SSSR count). The molecule has 1 aromatic heterocycles. The lowest BCUT2D eigenvalue weighted by molar-refractivity contribution is 0.600. The summed E-state index contributed by atoms with van der Waals surface area (Å²) in [5.41, 5.74) is 3.45. The Labute approximate surface area is 123 Å². The van der Waals surface area contributed by atoms with Crippen LogP contribution in [0.15, 0.2) is 24.3 Å². The number of rotatable bonds is 3. The van der Waals surface area contributed by atoms with E-state index in [1.54, 1.807) is 31.2 Å². The minimum Gasteiger partial charge on any atom is -0.360 e. The van der Waals surface area contributed by atoms with Crippen LogP contribution >= 0.6 is 0 Å². The van der Waals surface area contributed by atoms with Crippen LogP contribution in [0, 0.1) is 29.6 Å². The Kier molecular flexibility index (Phi) is 3.84. The summed E-state index contributed by atoms with van der Waals surface area (Å²) >= 11 is 0. The number of benzene rings is 1. The third-order valence-electron chi connectivity index (χ3n) is 3.09. The molecule has 0 bridgehead atoms. The number of aryl methyl sites for hydroxylation is 1. The maximum atomic E-state index is 11.4. The van der Waals surface area contributed by atoms with Gasteiger partial charge in [-0.3, -0.25) is 0 Å². The highest BCUT2D eigenvalue weighted by atomic mass is 32.2. The van der Waals surface area contributed by atoms with E-state index in [-0.39, 0.29) is 5.75 Å². The van der Waals surface area contributed by atoms with E-state index in [9.17, 15) is 13.7 Å². The molecule has 1 N–H and O–H groups in total. The number of aromatic amines is 1. The molecule has 0 spiro atoms. The van der Waals surface area contributed by atoms with Gasteiger partial charge in [-0.25, -0.2) is 8.42 Å². The fourth-order valence-electron chi connectivity index (χ4n) is 2.26. The van der Waals surface area contributed by atoms with Gasteiger partial charge in [-0.15, -0.1) is 0 Å². The minimum atomic E-state index is -3.23. The number of nitrogens with one attached hydrogen (secondary N) is 1. The second kappa shape index (κ2) is 5.43. The lowest BCUT2D eigenvalue weighted by atomic mass is 10.0. The molecule has 5 nitrogen and oxygen atoms in total. The van der Waals surface area contributed by atoms with E-state index in [0.717, 1.165) is 17.5 Å². The van der Waals surface area contributed by atoms with Gasteiger partial charge in [0.1, 0.15) is 6.07 Å². The van der Waals surface area contributed by atoms with Crippen molar-refractivity contribution in [2.24, 2.45) is 0 Å². The molecule has 0 aliphatic rings. The SMILES string of the molecule is Cc1[nH]c(CS(C)(=O)=O)c(C#N)c1-c1ccc(C#N)cc1. The summed E-state index contributed by atoms with van der Waals surface area (Å²) in [7, 11) is -3.23. The van der Waals surface area contributed by atoms with Crippen LogP contribution in [0.4, 0.5) is 0 Å². The number of hydrogen-bond donors (Lipinski definition) is 1. The fourth-order valence-corrected chi connectivity index (χ4v) is 3.00. The average Bonchev–Trinajstić information content (AvgIpc) is 2.72. The zero-order valence-electron chi connectivity index (χ0n) is 11.6. The number of H-pyrrole nitrogens is 1. The van der Waals surface area contributed by atoms with Crippen LogP contribution in [0.1, 0.15) is 22.5 Å². The van der Waals surface area contributed by atoms with E-state index in [2.05, 4.69) is 11.1 Å². The van der Waals surface area contributed by atoms with Crippen molar-refractivity contribution in [1.29, 1.82) is 10.5 Å². The largest absolute Gasteiger partial charge is 0.360 e. The highest BCUT2D eigenvalue weighted by Crippen LogP contribution is 2.30. The molecule has 0 saturated heterocycles. The Morgan fingerprint density at radius 3 is 2.24 bits per heavy atom. The first-order chi connectivity index (χ1) is 9.85. The van der Waals surface area contributed by atoms with Gasteiger partial charge < -0.3 is 4.98 Å². The second-order valence-corrected chi connectivity index (χ2v) is 6.99. The van der Waals surface area contributed by atoms with Gasteiger partial charge in [0.15, 0.2) is 9.84 Å². The number of aromatic nitrogens is 1. The molecule has 106 valence electrons. The number of nitriles is 2. The van der Waals surface area contributed by atoms with E-state index in [0.29, 0.717) is 22.4 Å². The maximum Gasteiger partial charge on any atom is 0.153 e. The monoisotopic (exact) mass is 299 g/mol. The number of nitrogens with zero attached hydrogens (tertiary/aromatic N) is 2. The summed E-state index contributed by atoms with van der Waals surface area (Å²) in [5, 5.41) is 18.2. The standard InChI is InChI=1S/C15H13N3O2S/c1-10-15(12-5-3-11(7-16)4-6-12)13(8-17)14(18-10)9-21(2,19)20/h3-6,18H,9H2,1-2H3. The topological polar surface area (TPSA) is 97.5 Å². The van der Waals surface area contributed by atoms with Crippen molar-refractivity contribution < 1.29 is 8.42 Å². The molecule has 0 amide bonds. The van der Waals surface area contributed by atoms with E-state index < -0.39 is 9.84 Å². The van der Waals surface area contributed by atoms with Crippen molar-refractivity contribution in [1.82, 2.24) is 4.98 Å². The van der Waals surface area contributed by atoms with Crippen LogP contribution in [0.5, 0.6) is 0 Å². The summed E-state index contributed by atoms with van der Waals surface area (Å²) < 4.78 is 22.9. The van der Waals surface area contributed by atoms with Crippen LogP contribution < -0.4 is 0 Å². The smallest absolute Gasteiger partial charge is 0.153 e. The molecular formula is C15H13N3O2S. The quantitative estimate of drug-likeness (QED) is 0.940. The fraction of sp³-hybridized carbons (Fsp3) is 0.200. The van der Waals surface area contributed by atoms with Crippen LogP contribution in [-0.2, 0) is 15.6 Å². The van der Waals surface area contributed by atoms with Gasteiger partial charge >= 0.3 is 0 Å². The van der Waals surface area contributed by atoms with Gasteiger partial charge in [0, 0.05) is 23.2 Å². The van der Waals surface area contributed by atoms with Crippen LogP contribution in [0.3, 0.4) is 0 Å². The van der Waals surface area contributed by atoms with Crippen molar-refractivity contribution >= 4 is 9.84 Å². The Bertz CT molecular complexity index is 863. The molecule has 0 saturated carbocycles. The highest BCUT2D eigenvalue weighted by Gasteiger charge is 2.19. The Morgan fingerprint density at radius 2 is 1.76 bits per heavy atom. The van der Waals surface area contributed by atoms with Crippen LogP contribution in [0.2, 0.25) is 0 Å². The summed E-state index contributed by atoms with van der Waals surface area (Å²) in [5.74, 6) is -0.201. The van der Waals surface area contributed by atoms with Crippen molar-refractivity contribution in [3.63, 3.8) is 0 Å². The summed E-state index contributed by atoms with van der Waals surface area (Å²) in [6.07, 6.45) is 1.13. The third-order valence-corrected chi connectivity index (χ3v) is 3.90. The van der Waals surface area contributed by atoms with Crippen molar-refractivity contribution in [3.05, 3.63) is 46.8 Å². The normalized spacial score (nSPS) is 10.9. The van der Waals surface area contributed by atoms with Crippen LogP contribution in [-0.4, -0.2) is 19.7 Å². The molecule has 0 aliphatic carbocycles. The summed E-state index contributed by atoms with van der Waals surface area (Å²) in [6.45, 7) is 1.79. The zero-order valence-corrected chi connectivity index (χ0v) is 12.5. The molecule has 0 unspecified atom stereocenters.